The molecular formula is C18H18Cl2N4O2. The molecule has 2 aromatic rings. The van der Waals surface area contributed by atoms with Gasteiger partial charge in [-0.3, -0.25) is 14.6 Å². The lowest BCUT2D eigenvalue weighted by molar-refractivity contribution is 0.0663. The molecule has 1 aliphatic heterocycles. The molecule has 136 valence electrons. The summed E-state index contributed by atoms with van der Waals surface area (Å²) < 4.78 is 0. The zero-order chi connectivity index (χ0) is 18.7. The summed E-state index contributed by atoms with van der Waals surface area (Å²) in [5, 5.41) is 3.55. The highest BCUT2D eigenvalue weighted by Gasteiger charge is 2.21. The molecule has 2 heterocycles. The predicted octanol–water partition coefficient (Wildman–Crippen LogP) is 3.03. The number of anilines is 1. The molecule has 1 N–H and O–H groups in total. The van der Waals surface area contributed by atoms with E-state index in [2.05, 4.69) is 15.2 Å². The molecular weight excluding hydrogens is 375 g/mol. The number of likely N-dealkylation sites (N-methyl/N-ethyl adjacent to an activating group) is 1. The van der Waals surface area contributed by atoms with Crippen molar-refractivity contribution >= 4 is 40.7 Å². The fourth-order valence-corrected chi connectivity index (χ4v) is 3.23. The number of halogens is 2. The zero-order valence-electron chi connectivity index (χ0n) is 14.2. The average molecular weight is 393 g/mol. The van der Waals surface area contributed by atoms with Gasteiger partial charge in [-0.1, -0.05) is 23.2 Å². The summed E-state index contributed by atoms with van der Waals surface area (Å²) in [6, 6.07) is 6.32. The van der Waals surface area contributed by atoms with Gasteiger partial charge in [0.05, 0.1) is 11.1 Å². The number of rotatable bonds is 3. The topological polar surface area (TPSA) is 65.5 Å². The minimum atomic E-state index is -0.385. The van der Waals surface area contributed by atoms with Crippen molar-refractivity contribution < 1.29 is 9.59 Å². The van der Waals surface area contributed by atoms with Crippen LogP contribution in [-0.4, -0.2) is 59.8 Å². The van der Waals surface area contributed by atoms with Crippen LogP contribution < -0.4 is 5.32 Å². The van der Waals surface area contributed by atoms with Crippen molar-refractivity contribution in [1.29, 1.82) is 0 Å². The third-order valence-corrected chi connectivity index (χ3v) is 4.59. The Morgan fingerprint density at radius 2 is 1.58 bits per heavy atom. The first-order valence-electron chi connectivity index (χ1n) is 8.13. The summed E-state index contributed by atoms with van der Waals surface area (Å²) in [5.41, 5.74) is 1.16. The minimum Gasteiger partial charge on any atom is -0.336 e. The second-order valence-corrected chi connectivity index (χ2v) is 7.04. The number of amides is 2. The van der Waals surface area contributed by atoms with E-state index in [1.807, 2.05) is 7.05 Å². The van der Waals surface area contributed by atoms with Gasteiger partial charge in [-0.25, -0.2) is 0 Å². The lowest BCUT2D eigenvalue weighted by Crippen LogP contribution is -2.47. The molecule has 3 rings (SSSR count). The Bertz CT molecular complexity index is 815. The molecule has 0 unspecified atom stereocenters. The summed E-state index contributed by atoms with van der Waals surface area (Å²) in [4.78, 5) is 33.1. The van der Waals surface area contributed by atoms with Gasteiger partial charge in [0.2, 0.25) is 0 Å². The Morgan fingerprint density at radius 3 is 2.23 bits per heavy atom. The lowest BCUT2D eigenvalue weighted by Gasteiger charge is -2.32. The van der Waals surface area contributed by atoms with Crippen molar-refractivity contribution in [1.82, 2.24) is 14.8 Å². The predicted molar refractivity (Wildman–Crippen MR) is 102 cm³/mol. The maximum atomic E-state index is 12.6. The molecule has 0 saturated carbocycles. The number of carbonyl (C=O) groups is 2. The second-order valence-electron chi connectivity index (χ2n) is 6.17. The molecule has 1 aliphatic rings. The Morgan fingerprint density at radius 1 is 0.962 bits per heavy atom. The summed E-state index contributed by atoms with van der Waals surface area (Å²) in [5.74, 6) is -0.505. The molecule has 0 aliphatic carbocycles. The number of hydrogen-bond donors (Lipinski definition) is 1. The molecule has 2 amide bonds. The first kappa shape index (κ1) is 18.6. The van der Waals surface area contributed by atoms with Gasteiger partial charge in [0.15, 0.2) is 0 Å². The first-order chi connectivity index (χ1) is 12.4. The summed E-state index contributed by atoms with van der Waals surface area (Å²) >= 11 is 11.9. The number of nitrogens with one attached hydrogen (secondary N) is 1. The summed E-state index contributed by atoms with van der Waals surface area (Å²) in [6.07, 6.45) is 2.90. The maximum absolute atomic E-state index is 12.6. The second kappa shape index (κ2) is 8.03. The molecule has 8 heteroatoms. The third kappa shape index (κ3) is 4.52. The molecule has 1 aromatic carbocycles. The third-order valence-electron chi connectivity index (χ3n) is 4.16. The van der Waals surface area contributed by atoms with Crippen LogP contribution >= 0.6 is 23.2 Å². The van der Waals surface area contributed by atoms with Crippen molar-refractivity contribution in [2.75, 3.05) is 38.5 Å². The van der Waals surface area contributed by atoms with Gasteiger partial charge < -0.3 is 15.1 Å². The van der Waals surface area contributed by atoms with Crippen molar-refractivity contribution in [2.24, 2.45) is 0 Å². The van der Waals surface area contributed by atoms with E-state index in [4.69, 9.17) is 23.2 Å². The van der Waals surface area contributed by atoms with Crippen molar-refractivity contribution in [3.05, 3.63) is 57.8 Å². The molecule has 1 fully saturated rings. The van der Waals surface area contributed by atoms with Crippen LogP contribution in [0.3, 0.4) is 0 Å². The Balaban J connectivity index is 1.74. The fourth-order valence-electron chi connectivity index (χ4n) is 2.70. The van der Waals surface area contributed by atoms with Crippen LogP contribution in [0.5, 0.6) is 0 Å². The highest BCUT2D eigenvalue weighted by atomic mass is 35.5. The number of pyridine rings is 1. The highest BCUT2D eigenvalue weighted by Crippen LogP contribution is 2.23. The molecule has 1 saturated heterocycles. The van der Waals surface area contributed by atoms with E-state index in [1.54, 1.807) is 29.2 Å². The van der Waals surface area contributed by atoms with Gasteiger partial charge in [-0.15, -0.1) is 0 Å². The van der Waals surface area contributed by atoms with Crippen LogP contribution in [0.25, 0.3) is 0 Å². The molecule has 0 atom stereocenters. The van der Waals surface area contributed by atoms with E-state index < -0.39 is 0 Å². The number of piperazine rings is 1. The van der Waals surface area contributed by atoms with Gasteiger partial charge in [0.25, 0.3) is 11.8 Å². The Hall–Kier alpha value is -2.15. The van der Waals surface area contributed by atoms with Gasteiger partial charge in [0, 0.05) is 54.3 Å². The number of benzene rings is 1. The lowest BCUT2D eigenvalue weighted by atomic mass is 10.1. The van der Waals surface area contributed by atoms with Gasteiger partial charge >= 0.3 is 0 Å². The van der Waals surface area contributed by atoms with Gasteiger partial charge in [0.1, 0.15) is 0 Å². The SMILES string of the molecule is CN1CCN(C(=O)c2cncc(C(=O)Nc3cc(Cl)cc(Cl)c3)c2)CC1. The van der Waals surface area contributed by atoms with Crippen LogP contribution in [0.2, 0.25) is 10.0 Å². The van der Waals surface area contributed by atoms with E-state index in [-0.39, 0.29) is 11.8 Å². The van der Waals surface area contributed by atoms with Crippen LogP contribution in [0.15, 0.2) is 36.7 Å². The minimum absolute atomic E-state index is 0.119. The number of hydrogen-bond acceptors (Lipinski definition) is 4. The van der Waals surface area contributed by atoms with Crippen LogP contribution in [0.1, 0.15) is 20.7 Å². The number of aromatic nitrogens is 1. The monoisotopic (exact) mass is 392 g/mol. The van der Waals surface area contributed by atoms with Gasteiger partial charge in [-0.05, 0) is 31.3 Å². The van der Waals surface area contributed by atoms with Crippen molar-refractivity contribution in [3.63, 3.8) is 0 Å². The fraction of sp³-hybridized carbons (Fsp3) is 0.278. The molecule has 0 spiro atoms. The molecule has 6 nitrogen and oxygen atoms in total. The number of nitrogens with zero attached hydrogens (tertiary/aromatic N) is 3. The van der Waals surface area contributed by atoms with E-state index >= 15 is 0 Å². The van der Waals surface area contributed by atoms with Crippen LogP contribution in [0, 0.1) is 0 Å². The van der Waals surface area contributed by atoms with Crippen molar-refractivity contribution in [2.45, 2.75) is 0 Å². The first-order valence-corrected chi connectivity index (χ1v) is 8.88. The largest absolute Gasteiger partial charge is 0.336 e. The Kier molecular flexibility index (Phi) is 5.76. The number of carbonyl (C=O) groups excluding carboxylic acids is 2. The maximum Gasteiger partial charge on any atom is 0.257 e. The van der Waals surface area contributed by atoms with Gasteiger partial charge in [-0.2, -0.15) is 0 Å². The normalized spacial score (nSPS) is 15.0. The van der Waals surface area contributed by atoms with E-state index in [0.29, 0.717) is 39.9 Å². The van der Waals surface area contributed by atoms with Crippen LogP contribution in [0.4, 0.5) is 5.69 Å². The molecule has 0 bridgehead atoms. The Labute approximate surface area is 161 Å². The zero-order valence-corrected chi connectivity index (χ0v) is 15.7. The average Bonchev–Trinajstić information content (AvgIpc) is 2.61. The molecule has 1 aromatic heterocycles. The quantitative estimate of drug-likeness (QED) is 0.871. The van der Waals surface area contributed by atoms with Crippen LogP contribution in [-0.2, 0) is 0 Å². The summed E-state index contributed by atoms with van der Waals surface area (Å²) in [7, 11) is 2.02. The van der Waals surface area contributed by atoms with E-state index in [1.165, 1.54) is 12.4 Å². The standard InChI is InChI=1S/C18H18Cl2N4O2/c1-23-2-4-24(5-3-23)18(26)13-6-12(10-21-11-13)17(25)22-16-8-14(19)7-15(20)9-16/h6-11H,2-5H2,1H3,(H,22,25). The smallest absolute Gasteiger partial charge is 0.257 e. The van der Waals surface area contributed by atoms with E-state index in [9.17, 15) is 9.59 Å². The molecule has 26 heavy (non-hydrogen) atoms. The summed E-state index contributed by atoms with van der Waals surface area (Å²) in [6.45, 7) is 2.98. The van der Waals surface area contributed by atoms with Crippen molar-refractivity contribution in [3.8, 4) is 0 Å². The van der Waals surface area contributed by atoms with E-state index in [0.717, 1.165) is 13.1 Å². The molecule has 0 radical (unpaired) electrons. The highest BCUT2D eigenvalue weighted by molar-refractivity contribution is 6.35.